The fraction of sp³-hybridized carbons (Fsp3) is 0.500. The smallest absolute Gasteiger partial charge is 0.250 e. The number of hydrogen-bond acceptors (Lipinski definition) is 9. The molecular weight excluding hydrogens is 560 g/mol. The van der Waals surface area contributed by atoms with Crippen LogP contribution in [-0.4, -0.2) is 72.7 Å². The van der Waals surface area contributed by atoms with Gasteiger partial charge in [-0.05, 0) is 77.5 Å². The van der Waals surface area contributed by atoms with E-state index in [1.54, 1.807) is 19.9 Å². The molecule has 6 rings (SSSR count). The molecule has 2 bridgehead atoms. The molecule has 2 aliphatic carbocycles. The van der Waals surface area contributed by atoms with Gasteiger partial charge < -0.3 is 30.3 Å². The van der Waals surface area contributed by atoms with E-state index < -0.39 is 22.3 Å². The number of aromatic hydroxyl groups is 2. The number of aromatic nitrogens is 2. The van der Waals surface area contributed by atoms with Crippen molar-refractivity contribution >= 4 is 5.91 Å². The van der Waals surface area contributed by atoms with Gasteiger partial charge in [-0.1, -0.05) is 41.6 Å². The summed E-state index contributed by atoms with van der Waals surface area (Å²) in [6.07, 6.45) is 3.28. The number of phenolic OH excluding ortho intramolecular Hbond substituents is 2. The summed E-state index contributed by atoms with van der Waals surface area (Å²) in [5, 5.41) is 52.3. The van der Waals surface area contributed by atoms with Crippen molar-refractivity contribution in [2.75, 3.05) is 19.6 Å². The van der Waals surface area contributed by atoms with Crippen LogP contribution in [0.4, 0.5) is 0 Å². The van der Waals surface area contributed by atoms with Gasteiger partial charge in [0.2, 0.25) is 17.6 Å². The van der Waals surface area contributed by atoms with Crippen LogP contribution in [0.2, 0.25) is 0 Å². The average Bonchev–Trinajstić information content (AvgIpc) is 3.66. The van der Waals surface area contributed by atoms with Crippen molar-refractivity contribution in [3.05, 3.63) is 70.8 Å². The monoisotopic (exact) mass is 602 g/mol. The molecule has 0 spiro atoms. The Morgan fingerprint density at radius 3 is 2.59 bits per heavy atom. The van der Waals surface area contributed by atoms with E-state index in [9.17, 15) is 25.2 Å². The fourth-order valence-electron chi connectivity index (χ4n) is 7.13. The zero-order valence-corrected chi connectivity index (χ0v) is 25.8. The van der Waals surface area contributed by atoms with Crippen LogP contribution in [0.3, 0.4) is 0 Å². The van der Waals surface area contributed by atoms with Crippen molar-refractivity contribution in [1.82, 2.24) is 20.4 Å². The molecule has 234 valence electrons. The van der Waals surface area contributed by atoms with Gasteiger partial charge in [0.25, 0.3) is 0 Å². The van der Waals surface area contributed by atoms with Crippen molar-refractivity contribution in [3.63, 3.8) is 0 Å². The van der Waals surface area contributed by atoms with E-state index in [-0.39, 0.29) is 41.8 Å². The lowest BCUT2D eigenvalue weighted by atomic mass is 9.53. The molecule has 3 aromatic rings. The van der Waals surface area contributed by atoms with Crippen LogP contribution in [0, 0.1) is 5.92 Å². The van der Waals surface area contributed by atoms with Crippen LogP contribution in [0.15, 0.2) is 58.3 Å². The average molecular weight is 603 g/mol. The highest BCUT2D eigenvalue weighted by atomic mass is 16.5. The highest BCUT2D eigenvalue weighted by Crippen LogP contribution is 2.58. The Hall–Kier alpha value is -3.89. The molecule has 0 radical (unpaired) electrons. The molecule has 1 aromatic heterocycles. The molecule has 10 heteroatoms. The molecule has 2 heterocycles. The number of fused-ring (bicyclic) bond motifs is 4. The lowest BCUT2D eigenvalue weighted by Gasteiger charge is -2.60. The third-order valence-electron chi connectivity index (χ3n) is 10.2. The highest BCUT2D eigenvalue weighted by molar-refractivity contribution is 5.93. The zero-order chi connectivity index (χ0) is 31.4. The maximum Gasteiger partial charge on any atom is 0.250 e. The van der Waals surface area contributed by atoms with Crippen LogP contribution < -0.4 is 5.32 Å². The minimum atomic E-state index is -1.35. The molecule has 2 unspecified atom stereocenters. The van der Waals surface area contributed by atoms with Crippen molar-refractivity contribution in [2.45, 2.75) is 82.3 Å². The lowest BCUT2D eigenvalue weighted by Crippen LogP contribution is -2.70. The molecule has 44 heavy (non-hydrogen) atoms. The number of carbonyl (C=O) groups excluding carboxylic acids is 1. The molecule has 5 N–H and O–H groups in total. The Balaban J connectivity index is 1.24. The Morgan fingerprint density at radius 1 is 1.16 bits per heavy atom. The van der Waals surface area contributed by atoms with E-state index in [4.69, 9.17) is 4.52 Å². The van der Waals surface area contributed by atoms with Gasteiger partial charge in [-0.25, -0.2) is 0 Å². The van der Waals surface area contributed by atoms with Crippen LogP contribution in [0.5, 0.6) is 11.5 Å². The number of nitrogens with zero attached hydrogens (tertiary/aromatic N) is 3. The maximum atomic E-state index is 13.4. The lowest BCUT2D eigenvalue weighted by molar-refractivity contribution is -0.138. The molecule has 2 fully saturated rings. The number of phenols is 2. The first-order valence-corrected chi connectivity index (χ1v) is 15.4. The number of hydrogen-bond donors (Lipinski definition) is 5. The van der Waals surface area contributed by atoms with Gasteiger partial charge in [0.15, 0.2) is 11.5 Å². The Labute approximate surface area is 257 Å². The minimum Gasteiger partial charge on any atom is -0.512 e. The molecule has 1 saturated carbocycles. The van der Waals surface area contributed by atoms with Crippen LogP contribution in [0.1, 0.15) is 70.4 Å². The number of allylic oxidation sites excluding steroid dienone is 1. The number of nitrogens with one attached hydrogen (secondary N) is 1. The summed E-state index contributed by atoms with van der Waals surface area (Å²) < 4.78 is 5.53. The second-order valence-electron chi connectivity index (χ2n) is 13.7. The molecule has 2 aromatic carbocycles. The van der Waals surface area contributed by atoms with Crippen molar-refractivity contribution in [1.29, 1.82) is 0 Å². The summed E-state index contributed by atoms with van der Waals surface area (Å²) in [7, 11) is 0. The van der Waals surface area contributed by atoms with E-state index in [0.717, 1.165) is 17.7 Å². The minimum absolute atomic E-state index is 0.0650. The Bertz CT molecular complexity index is 1590. The number of benzene rings is 2. The number of aliphatic hydroxyl groups excluding tert-OH is 1. The molecule has 3 atom stereocenters. The second-order valence-corrected chi connectivity index (χ2v) is 13.7. The largest absolute Gasteiger partial charge is 0.512 e. The summed E-state index contributed by atoms with van der Waals surface area (Å²) in [6.45, 7) is 8.83. The van der Waals surface area contributed by atoms with Gasteiger partial charge in [-0.3, -0.25) is 9.69 Å². The number of piperidine rings is 1. The summed E-state index contributed by atoms with van der Waals surface area (Å²) in [5.74, 6) is 0.285. The first-order valence-electron chi connectivity index (χ1n) is 15.4. The second kappa shape index (κ2) is 10.9. The van der Waals surface area contributed by atoms with E-state index in [2.05, 4.69) is 20.4 Å². The normalized spacial score (nSPS) is 25.7. The predicted octanol–water partition coefficient (Wildman–Crippen LogP) is 4.49. The van der Waals surface area contributed by atoms with Crippen molar-refractivity contribution in [2.24, 2.45) is 5.92 Å². The molecule has 1 aliphatic heterocycles. The summed E-state index contributed by atoms with van der Waals surface area (Å²) in [6, 6.07) is 12.5. The first kappa shape index (κ1) is 30.1. The Kier molecular flexibility index (Phi) is 7.49. The van der Waals surface area contributed by atoms with Gasteiger partial charge in [0, 0.05) is 42.1 Å². The Morgan fingerprint density at radius 2 is 1.89 bits per heavy atom. The van der Waals surface area contributed by atoms with E-state index in [1.165, 1.54) is 18.9 Å². The molecule has 10 nitrogen and oxygen atoms in total. The van der Waals surface area contributed by atoms with E-state index in [0.29, 0.717) is 42.6 Å². The van der Waals surface area contributed by atoms with Crippen LogP contribution in [-0.2, 0) is 22.0 Å². The standard InChI is InChI=1S/C34H42N4O6/c1-20(30(42)35-19-32(2,3)31-36-29(37-44-31)22-8-6-5-7-9-22)25(40)17-34-14-15-38(18-21-10-11-21)26(33(34,4)43)16-23-12-13-24(39)28(41)27(23)34/h5-9,12-13,21,26,39-41,43H,10-11,14-19H2,1-4H3,(H,35,42)/b25-20-/t26-,33?,34?/m1/s1. The van der Waals surface area contributed by atoms with Crippen molar-refractivity contribution < 1.29 is 29.7 Å². The number of likely N-dealkylation sites (tertiary alicyclic amines) is 1. The molecule has 1 saturated heterocycles. The summed E-state index contributed by atoms with van der Waals surface area (Å²) in [4.78, 5) is 20.2. The topological polar surface area (TPSA) is 152 Å². The van der Waals surface area contributed by atoms with E-state index in [1.807, 2.05) is 44.2 Å². The molecule has 3 aliphatic rings. The molecular formula is C34H42N4O6. The third kappa shape index (κ3) is 5.13. The molecule has 1 amide bonds. The summed E-state index contributed by atoms with van der Waals surface area (Å²) in [5.41, 5.74) is -0.923. The van der Waals surface area contributed by atoms with Gasteiger partial charge in [0.1, 0.15) is 5.76 Å². The highest BCUT2D eigenvalue weighted by Gasteiger charge is 2.62. The fourth-order valence-corrected chi connectivity index (χ4v) is 7.13. The zero-order valence-electron chi connectivity index (χ0n) is 25.8. The number of amides is 1. The third-order valence-corrected chi connectivity index (χ3v) is 10.2. The van der Waals surface area contributed by atoms with Crippen molar-refractivity contribution in [3.8, 4) is 22.9 Å². The van der Waals surface area contributed by atoms with Gasteiger partial charge in [-0.2, -0.15) is 4.98 Å². The van der Waals surface area contributed by atoms with Gasteiger partial charge >= 0.3 is 0 Å². The maximum absolute atomic E-state index is 13.4. The van der Waals surface area contributed by atoms with Gasteiger partial charge in [0.05, 0.1) is 16.6 Å². The number of carbonyl (C=O) groups is 1. The predicted molar refractivity (Wildman–Crippen MR) is 164 cm³/mol. The first-order chi connectivity index (χ1) is 20.8. The van der Waals surface area contributed by atoms with Gasteiger partial charge in [-0.15, -0.1) is 0 Å². The quantitative estimate of drug-likeness (QED) is 0.135. The SMILES string of the molecule is C/C(C(=O)NCC(C)(C)c1nc(-c2ccccc2)no1)=C(/O)CC12CCN(CC3CC3)[C@H](Cc3ccc(O)c(O)c31)C2(C)O. The number of rotatable bonds is 9. The van der Waals surface area contributed by atoms with E-state index >= 15 is 0 Å². The van der Waals surface area contributed by atoms with Crippen LogP contribution in [0.25, 0.3) is 11.4 Å². The van der Waals surface area contributed by atoms with Crippen LogP contribution >= 0.6 is 0 Å². The number of aliphatic hydroxyl groups is 2. The summed E-state index contributed by atoms with van der Waals surface area (Å²) >= 11 is 0.